The van der Waals surface area contributed by atoms with E-state index >= 15 is 0 Å². The van der Waals surface area contributed by atoms with Crippen molar-refractivity contribution in [3.05, 3.63) is 65.7 Å². The number of nitrogens with zero attached hydrogens (tertiary/aromatic N) is 1. The first kappa shape index (κ1) is 16.6. The van der Waals surface area contributed by atoms with Crippen LogP contribution >= 0.6 is 0 Å². The molecule has 132 valence electrons. The van der Waals surface area contributed by atoms with Gasteiger partial charge in [0.25, 0.3) is 0 Å². The molecule has 0 bridgehead atoms. The van der Waals surface area contributed by atoms with Gasteiger partial charge in [0.2, 0.25) is 11.8 Å². The highest BCUT2D eigenvalue weighted by Gasteiger charge is 2.49. The van der Waals surface area contributed by atoms with Crippen molar-refractivity contribution in [2.45, 2.75) is 26.7 Å². The third kappa shape index (κ3) is 2.81. The van der Waals surface area contributed by atoms with Crippen LogP contribution in [-0.2, 0) is 9.59 Å². The Bertz CT molecular complexity index is 851. The molecule has 2 aromatic rings. The zero-order chi connectivity index (χ0) is 18.3. The summed E-state index contributed by atoms with van der Waals surface area (Å²) in [4.78, 5) is 27.0. The number of allylic oxidation sites excluding steroid dienone is 2. The summed E-state index contributed by atoms with van der Waals surface area (Å²) in [6.07, 6.45) is 1.37. The van der Waals surface area contributed by atoms with Gasteiger partial charge in [0.15, 0.2) is 0 Å². The molecule has 1 fully saturated rings. The Hall–Kier alpha value is -2.88. The van der Waals surface area contributed by atoms with Crippen LogP contribution in [0.2, 0.25) is 0 Å². The van der Waals surface area contributed by atoms with E-state index in [9.17, 15) is 9.59 Å². The minimum atomic E-state index is -0.216. The van der Waals surface area contributed by atoms with E-state index in [4.69, 9.17) is 4.74 Å². The smallest absolute Gasteiger partial charge is 0.238 e. The maximum Gasteiger partial charge on any atom is 0.238 e. The Balaban J connectivity index is 1.55. The van der Waals surface area contributed by atoms with Crippen LogP contribution in [0.5, 0.6) is 11.5 Å². The molecular weight excluding hydrogens is 326 g/mol. The molecule has 1 aliphatic heterocycles. The molecule has 2 aliphatic rings. The predicted octanol–water partition coefficient (Wildman–Crippen LogP) is 4.71. The fraction of sp³-hybridized carbons (Fsp3) is 0.273. The standard InChI is InChI=1S/C22H21NO3/c1-14-12-19-20(13-15(14)2)22(25)23(21(19)24)16-8-10-18(11-9-16)26-17-6-4-3-5-7-17/h3-11,19-20H,12-13H2,1-2H3/t19-,20-/m1/s1. The highest BCUT2D eigenvalue weighted by Crippen LogP contribution is 2.42. The zero-order valence-corrected chi connectivity index (χ0v) is 14.9. The Morgan fingerprint density at radius 3 is 1.81 bits per heavy atom. The molecule has 2 atom stereocenters. The number of hydrogen-bond donors (Lipinski definition) is 0. The molecular formula is C22H21NO3. The Morgan fingerprint density at radius 2 is 1.27 bits per heavy atom. The van der Waals surface area contributed by atoms with Crippen LogP contribution in [0.4, 0.5) is 5.69 Å². The number of fused-ring (bicyclic) bond motifs is 1. The van der Waals surface area contributed by atoms with Crippen molar-refractivity contribution in [3.8, 4) is 11.5 Å². The number of rotatable bonds is 3. The second-order valence-corrected chi connectivity index (χ2v) is 7.10. The summed E-state index contributed by atoms with van der Waals surface area (Å²) >= 11 is 0. The lowest BCUT2D eigenvalue weighted by Crippen LogP contribution is -2.30. The average molecular weight is 347 g/mol. The second kappa shape index (κ2) is 6.45. The summed E-state index contributed by atoms with van der Waals surface area (Å²) in [5.41, 5.74) is 3.09. The molecule has 4 rings (SSSR count). The van der Waals surface area contributed by atoms with E-state index in [1.165, 1.54) is 16.0 Å². The van der Waals surface area contributed by atoms with Crippen molar-refractivity contribution in [3.63, 3.8) is 0 Å². The highest BCUT2D eigenvalue weighted by molar-refractivity contribution is 6.22. The lowest BCUT2D eigenvalue weighted by atomic mass is 9.78. The number of hydrogen-bond acceptors (Lipinski definition) is 3. The molecule has 4 heteroatoms. The van der Waals surface area contributed by atoms with Gasteiger partial charge in [-0.2, -0.15) is 0 Å². The third-order valence-electron chi connectivity index (χ3n) is 5.42. The number of carbonyl (C=O) groups is 2. The van der Waals surface area contributed by atoms with Gasteiger partial charge in [-0.3, -0.25) is 14.5 Å². The van der Waals surface area contributed by atoms with E-state index < -0.39 is 0 Å². The Morgan fingerprint density at radius 1 is 0.769 bits per heavy atom. The summed E-state index contributed by atoms with van der Waals surface area (Å²) in [6.45, 7) is 4.11. The van der Waals surface area contributed by atoms with E-state index in [1.54, 1.807) is 24.3 Å². The number of imide groups is 1. The summed E-state index contributed by atoms with van der Waals surface area (Å²) in [7, 11) is 0. The summed E-state index contributed by atoms with van der Waals surface area (Å²) in [6, 6.07) is 16.6. The largest absolute Gasteiger partial charge is 0.457 e. The SMILES string of the molecule is CC1=C(C)C[C@H]2C(=O)N(c3ccc(Oc4ccccc4)cc3)C(=O)[C@@H]2C1. The van der Waals surface area contributed by atoms with Gasteiger partial charge in [-0.1, -0.05) is 29.3 Å². The van der Waals surface area contributed by atoms with Gasteiger partial charge < -0.3 is 4.74 Å². The number of benzene rings is 2. The number of anilines is 1. The van der Waals surface area contributed by atoms with Gasteiger partial charge >= 0.3 is 0 Å². The van der Waals surface area contributed by atoms with Gasteiger partial charge in [-0.05, 0) is 63.1 Å². The normalized spacial score (nSPS) is 22.6. The topological polar surface area (TPSA) is 46.6 Å². The fourth-order valence-corrected chi connectivity index (χ4v) is 3.79. The van der Waals surface area contributed by atoms with Crippen molar-refractivity contribution >= 4 is 17.5 Å². The Labute approximate surface area is 153 Å². The maximum absolute atomic E-state index is 12.8. The molecule has 0 unspecified atom stereocenters. The van der Waals surface area contributed by atoms with Crippen LogP contribution in [0.3, 0.4) is 0 Å². The molecule has 1 aliphatic carbocycles. The highest BCUT2D eigenvalue weighted by atomic mass is 16.5. The Kier molecular flexibility index (Phi) is 4.11. The molecule has 0 N–H and O–H groups in total. The van der Waals surface area contributed by atoms with Crippen LogP contribution in [0, 0.1) is 11.8 Å². The van der Waals surface area contributed by atoms with Crippen LogP contribution in [0.25, 0.3) is 0 Å². The molecule has 0 saturated carbocycles. The van der Waals surface area contributed by atoms with E-state index in [0.29, 0.717) is 24.3 Å². The first-order valence-electron chi connectivity index (χ1n) is 8.90. The number of carbonyl (C=O) groups excluding carboxylic acids is 2. The summed E-state index contributed by atoms with van der Waals surface area (Å²) < 4.78 is 5.78. The monoisotopic (exact) mass is 347 g/mol. The minimum absolute atomic E-state index is 0.0800. The van der Waals surface area contributed by atoms with Crippen molar-refractivity contribution < 1.29 is 14.3 Å². The van der Waals surface area contributed by atoms with Crippen LogP contribution in [0.1, 0.15) is 26.7 Å². The molecule has 1 heterocycles. The van der Waals surface area contributed by atoms with E-state index in [-0.39, 0.29) is 23.7 Å². The summed E-state index contributed by atoms with van der Waals surface area (Å²) in [5.74, 6) is 0.825. The van der Waals surface area contributed by atoms with Crippen molar-refractivity contribution in [2.24, 2.45) is 11.8 Å². The molecule has 0 aromatic heterocycles. The molecule has 26 heavy (non-hydrogen) atoms. The molecule has 0 spiro atoms. The quantitative estimate of drug-likeness (QED) is 0.596. The van der Waals surface area contributed by atoms with Crippen molar-refractivity contribution in [2.75, 3.05) is 4.90 Å². The molecule has 2 amide bonds. The van der Waals surface area contributed by atoms with Crippen molar-refractivity contribution in [1.82, 2.24) is 0 Å². The fourth-order valence-electron chi connectivity index (χ4n) is 3.79. The van der Waals surface area contributed by atoms with Gasteiger partial charge in [-0.15, -0.1) is 0 Å². The average Bonchev–Trinajstić information content (AvgIpc) is 2.88. The molecule has 2 aromatic carbocycles. The van der Waals surface area contributed by atoms with E-state index in [1.807, 2.05) is 30.3 Å². The lowest BCUT2D eigenvalue weighted by molar-refractivity contribution is -0.122. The van der Waals surface area contributed by atoms with Crippen LogP contribution < -0.4 is 9.64 Å². The first-order chi connectivity index (χ1) is 12.5. The number of para-hydroxylation sites is 1. The van der Waals surface area contributed by atoms with Gasteiger partial charge in [0, 0.05) is 0 Å². The predicted molar refractivity (Wildman–Crippen MR) is 100 cm³/mol. The zero-order valence-electron chi connectivity index (χ0n) is 14.9. The third-order valence-corrected chi connectivity index (χ3v) is 5.42. The molecule has 0 radical (unpaired) electrons. The van der Waals surface area contributed by atoms with Crippen LogP contribution in [0.15, 0.2) is 65.7 Å². The molecule has 1 saturated heterocycles. The maximum atomic E-state index is 12.8. The minimum Gasteiger partial charge on any atom is -0.457 e. The number of ether oxygens (including phenoxy) is 1. The van der Waals surface area contributed by atoms with E-state index in [0.717, 1.165) is 5.75 Å². The van der Waals surface area contributed by atoms with Crippen molar-refractivity contribution in [1.29, 1.82) is 0 Å². The van der Waals surface area contributed by atoms with Gasteiger partial charge in [-0.25, -0.2) is 0 Å². The van der Waals surface area contributed by atoms with E-state index in [2.05, 4.69) is 13.8 Å². The number of amides is 2. The van der Waals surface area contributed by atoms with Crippen LogP contribution in [-0.4, -0.2) is 11.8 Å². The van der Waals surface area contributed by atoms with Gasteiger partial charge in [0.1, 0.15) is 11.5 Å². The second-order valence-electron chi connectivity index (χ2n) is 7.10. The van der Waals surface area contributed by atoms with Gasteiger partial charge in [0.05, 0.1) is 17.5 Å². The lowest BCUT2D eigenvalue weighted by Gasteiger charge is -2.23. The summed E-state index contributed by atoms with van der Waals surface area (Å²) in [5, 5.41) is 0. The first-order valence-corrected chi connectivity index (χ1v) is 8.90. The molecule has 4 nitrogen and oxygen atoms in total.